The van der Waals surface area contributed by atoms with Gasteiger partial charge in [0.05, 0.1) is 12.2 Å². The molecule has 1 aromatic carbocycles. The number of halogens is 1. The number of hydrogen-bond donors (Lipinski definition) is 4. The van der Waals surface area contributed by atoms with Crippen LogP contribution >= 0.6 is 11.0 Å². The highest BCUT2D eigenvalue weighted by molar-refractivity contribution is 8.23. The van der Waals surface area contributed by atoms with Gasteiger partial charge in [-0.1, -0.05) is 11.0 Å². The van der Waals surface area contributed by atoms with E-state index in [2.05, 4.69) is 5.32 Å². The Balaban J connectivity index is 1.25. The number of nitrogens with two attached hydrogens (primary N) is 1. The first-order valence-electron chi connectivity index (χ1n) is 11.3. The van der Waals surface area contributed by atoms with Gasteiger partial charge in [0.1, 0.15) is 5.82 Å². The first kappa shape index (κ1) is 21.9. The van der Waals surface area contributed by atoms with E-state index in [1.807, 2.05) is 0 Å². The molecule has 4 bridgehead atoms. The molecule has 4 saturated carbocycles. The monoisotopic (exact) mass is 466 g/mol. The zero-order valence-electron chi connectivity index (χ0n) is 18.0. The lowest BCUT2D eigenvalue weighted by Gasteiger charge is -2.59. The average molecular weight is 467 g/mol. The van der Waals surface area contributed by atoms with Crippen LogP contribution in [-0.2, 0) is 9.59 Å². The molecule has 1 aliphatic heterocycles. The van der Waals surface area contributed by atoms with E-state index in [-0.39, 0.29) is 36.2 Å². The van der Waals surface area contributed by atoms with Crippen LogP contribution < -0.4 is 15.4 Å². The Labute approximate surface area is 188 Å². The normalized spacial score (nSPS) is 36.7. The molecule has 32 heavy (non-hydrogen) atoms. The number of hydrogen-bond acceptors (Lipinski definition) is 6. The van der Waals surface area contributed by atoms with E-state index in [1.165, 1.54) is 32.9 Å². The molecule has 0 aromatic heterocycles. The number of carbonyl (C=O) groups is 2. The van der Waals surface area contributed by atoms with Crippen molar-refractivity contribution < 1.29 is 23.1 Å². The molecular formula is C22H31FN4O4S. The molecule has 176 valence electrons. The molecule has 5 N–H and O–H groups in total. The van der Waals surface area contributed by atoms with Crippen LogP contribution in [0.1, 0.15) is 38.5 Å². The van der Waals surface area contributed by atoms with Crippen molar-refractivity contribution in [3.8, 4) is 0 Å². The maximum Gasteiger partial charge on any atom is 0.236 e. The number of amides is 2. The van der Waals surface area contributed by atoms with Crippen LogP contribution in [0.15, 0.2) is 24.3 Å². The average Bonchev–Trinajstić information content (AvgIpc) is 2.72. The molecule has 2 atom stereocenters. The van der Waals surface area contributed by atoms with Gasteiger partial charge in [0, 0.05) is 24.5 Å². The van der Waals surface area contributed by atoms with Crippen molar-refractivity contribution in [3.05, 3.63) is 30.1 Å². The maximum absolute atomic E-state index is 13.3. The lowest BCUT2D eigenvalue weighted by atomic mass is 9.47. The highest BCUT2D eigenvalue weighted by Gasteiger charge is 2.58. The van der Waals surface area contributed by atoms with Gasteiger partial charge < -0.3 is 11.1 Å². The largest absolute Gasteiger partial charge is 0.369 e. The summed E-state index contributed by atoms with van der Waals surface area (Å²) in [7, 11) is -3.39. The Kier molecular flexibility index (Phi) is 5.39. The molecular weight excluding hydrogens is 435 g/mol. The third-order valence-corrected chi connectivity index (χ3v) is 9.96. The van der Waals surface area contributed by atoms with E-state index in [4.69, 9.17) is 5.73 Å². The summed E-state index contributed by atoms with van der Waals surface area (Å²) in [4.78, 5) is 25.1. The van der Waals surface area contributed by atoms with Crippen LogP contribution in [0.3, 0.4) is 0 Å². The number of primary amides is 1. The summed E-state index contributed by atoms with van der Waals surface area (Å²) in [6.45, 7) is 0.674. The van der Waals surface area contributed by atoms with Gasteiger partial charge in [-0.25, -0.2) is 4.39 Å². The minimum atomic E-state index is -3.39. The minimum absolute atomic E-state index is 0.00584. The summed E-state index contributed by atoms with van der Waals surface area (Å²) < 4.78 is 38.0. The SMILES string of the molecule is NC(=O)C12CC3CC(C1)C(NC(=O)CN1CCCN(c4ccc(F)cc4)S1(O)O)C(C3)C2. The van der Waals surface area contributed by atoms with Crippen LogP contribution in [0.4, 0.5) is 10.1 Å². The maximum atomic E-state index is 13.3. The van der Waals surface area contributed by atoms with Crippen LogP contribution in [0.5, 0.6) is 0 Å². The highest BCUT2D eigenvalue weighted by atomic mass is 32.3. The van der Waals surface area contributed by atoms with Crippen molar-refractivity contribution in [2.24, 2.45) is 28.9 Å². The molecule has 6 rings (SSSR count). The molecule has 8 nitrogen and oxygen atoms in total. The second-order valence-electron chi connectivity index (χ2n) is 9.99. The number of benzene rings is 1. The summed E-state index contributed by atoms with van der Waals surface area (Å²) >= 11 is 0. The first-order valence-corrected chi connectivity index (χ1v) is 12.8. The van der Waals surface area contributed by atoms with E-state index < -0.39 is 22.2 Å². The fourth-order valence-electron chi connectivity index (χ4n) is 6.77. The summed E-state index contributed by atoms with van der Waals surface area (Å²) in [6.07, 6.45) is 5.01. The second kappa shape index (κ2) is 7.86. The van der Waals surface area contributed by atoms with E-state index in [1.54, 1.807) is 0 Å². The van der Waals surface area contributed by atoms with E-state index in [0.717, 1.165) is 32.1 Å². The lowest BCUT2D eigenvalue weighted by Crippen LogP contribution is -2.62. The van der Waals surface area contributed by atoms with Gasteiger partial charge in [-0.05, 0) is 80.5 Å². The van der Waals surface area contributed by atoms with Crippen molar-refractivity contribution in [1.82, 2.24) is 9.62 Å². The number of nitrogens with one attached hydrogen (secondary N) is 1. The van der Waals surface area contributed by atoms with Crippen molar-refractivity contribution in [2.45, 2.75) is 44.6 Å². The summed E-state index contributed by atoms with van der Waals surface area (Å²) in [6, 6.07) is 5.59. The minimum Gasteiger partial charge on any atom is -0.369 e. The van der Waals surface area contributed by atoms with Gasteiger partial charge in [0.2, 0.25) is 11.8 Å². The number of nitrogens with zero attached hydrogens (tertiary/aromatic N) is 2. The quantitative estimate of drug-likeness (QED) is 0.530. The van der Waals surface area contributed by atoms with E-state index >= 15 is 0 Å². The summed E-state index contributed by atoms with van der Waals surface area (Å²) in [5.41, 5.74) is 5.85. The molecule has 1 heterocycles. The Hall–Kier alpha value is -1.88. The van der Waals surface area contributed by atoms with Gasteiger partial charge in [-0.2, -0.15) is 4.31 Å². The Morgan fingerprint density at radius 3 is 2.41 bits per heavy atom. The van der Waals surface area contributed by atoms with Gasteiger partial charge in [-0.15, -0.1) is 0 Å². The van der Waals surface area contributed by atoms with Gasteiger partial charge in [0.25, 0.3) is 0 Å². The molecule has 0 radical (unpaired) electrons. The summed E-state index contributed by atoms with van der Waals surface area (Å²) in [5.74, 6) is 0.158. The second-order valence-corrected chi connectivity index (χ2v) is 11.9. The van der Waals surface area contributed by atoms with Crippen molar-refractivity contribution >= 4 is 28.5 Å². The standard InChI is InChI=1S/C22H31FN4O4S/c23-17-2-4-18(5-3-17)27-7-1-6-26(32(27,30)31)13-19(28)25-20-15-8-14-9-16(20)12-22(10-14,11-15)21(24)29/h2-5,14-16,20,30-31H,1,6-13H2,(H2,24,29)(H,25,28). The molecule has 0 spiro atoms. The van der Waals surface area contributed by atoms with Crippen LogP contribution in [0, 0.1) is 29.0 Å². The van der Waals surface area contributed by atoms with Crippen LogP contribution in [0.2, 0.25) is 0 Å². The Bertz CT molecular complexity index is 898. The lowest BCUT2D eigenvalue weighted by molar-refractivity contribution is -0.147. The van der Waals surface area contributed by atoms with E-state index in [9.17, 15) is 23.1 Å². The molecule has 1 aromatic rings. The predicted molar refractivity (Wildman–Crippen MR) is 120 cm³/mol. The molecule has 4 aliphatic carbocycles. The predicted octanol–water partition coefficient (Wildman–Crippen LogP) is 2.71. The van der Waals surface area contributed by atoms with Crippen molar-refractivity contribution in [3.63, 3.8) is 0 Å². The number of carbonyl (C=O) groups excluding carboxylic acids is 2. The smallest absolute Gasteiger partial charge is 0.236 e. The number of rotatable bonds is 5. The van der Waals surface area contributed by atoms with Crippen molar-refractivity contribution in [2.75, 3.05) is 23.9 Å². The third kappa shape index (κ3) is 3.67. The molecule has 5 aliphatic rings. The van der Waals surface area contributed by atoms with Crippen LogP contribution in [-0.4, -0.2) is 50.9 Å². The van der Waals surface area contributed by atoms with Gasteiger partial charge in [0.15, 0.2) is 0 Å². The molecule has 2 amide bonds. The highest BCUT2D eigenvalue weighted by Crippen LogP contribution is 2.60. The fraction of sp³-hybridized carbons (Fsp3) is 0.636. The zero-order valence-corrected chi connectivity index (χ0v) is 18.8. The zero-order chi connectivity index (χ0) is 22.7. The molecule has 1 saturated heterocycles. The molecule has 10 heteroatoms. The topological polar surface area (TPSA) is 119 Å². The Morgan fingerprint density at radius 2 is 1.78 bits per heavy atom. The molecule has 2 unspecified atom stereocenters. The first-order chi connectivity index (χ1) is 15.2. The van der Waals surface area contributed by atoms with Gasteiger partial charge in [-0.3, -0.25) is 23.0 Å². The van der Waals surface area contributed by atoms with Crippen LogP contribution in [0.25, 0.3) is 0 Å². The number of anilines is 1. The Morgan fingerprint density at radius 1 is 1.12 bits per heavy atom. The third-order valence-electron chi connectivity index (χ3n) is 7.97. The summed E-state index contributed by atoms with van der Waals surface area (Å²) in [5, 5.41) is 3.16. The van der Waals surface area contributed by atoms with E-state index in [0.29, 0.717) is 31.1 Å². The fourth-order valence-corrected chi connectivity index (χ4v) is 8.49. The molecule has 5 fully saturated rings. The van der Waals surface area contributed by atoms with Gasteiger partial charge >= 0.3 is 0 Å². The van der Waals surface area contributed by atoms with Crippen molar-refractivity contribution in [1.29, 1.82) is 0 Å².